The molecule has 0 fully saturated rings. The van der Waals surface area contributed by atoms with Crippen molar-refractivity contribution >= 4 is 17.5 Å². The summed E-state index contributed by atoms with van der Waals surface area (Å²) in [6.07, 6.45) is 0. The van der Waals surface area contributed by atoms with Crippen molar-refractivity contribution < 1.29 is 14.0 Å². The van der Waals surface area contributed by atoms with Gasteiger partial charge < -0.3 is 15.1 Å². The van der Waals surface area contributed by atoms with Crippen molar-refractivity contribution in [3.05, 3.63) is 65.5 Å². The number of carbonyl (C=O) groups is 2. The third-order valence-corrected chi connectivity index (χ3v) is 4.02. The molecule has 26 heavy (non-hydrogen) atoms. The van der Waals surface area contributed by atoms with Crippen LogP contribution in [0.5, 0.6) is 0 Å². The van der Waals surface area contributed by atoms with Crippen LogP contribution < -0.4 is 10.2 Å². The van der Waals surface area contributed by atoms with Crippen LogP contribution >= 0.6 is 0 Å². The van der Waals surface area contributed by atoms with Crippen LogP contribution in [0.15, 0.2) is 48.5 Å². The summed E-state index contributed by atoms with van der Waals surface area (Å²) < 4.78 is 12.9. The number of halogens is 1. The van der Waals surface area contributed by atoms with E-state index in [9.17, 15) is 14.0 Å². The Hall–Kier alpha value is -2.89. The Morgan fingerprint density at radius 3 is 2.38 bits per heavy atom. The normalized spacial score (nSPS) is 10.3. The van der Waals surface area contributed by atoms with Gasteiger partial charge in [-0.2, -0.15) is 0 Å². The molecule has 1 N–H and O–H groups in total. The van der Waals surface area contributed by atoms with Crippen molar-refractivity contribution in [2.45, 2.75) is 13.5 Å². The minimum atomic E-state index is -0.317. The Labute approximate surface area is 153 Å². The molecule has 2 aromatic carbocycles. The zero-order chi connectivity index (χ0) is 19.1. The van der Waals surface area contributed by atoms with Gasteiger partial charge in [-0.25, -0.2) is 4.39 Å². The van der Waals surface area contributed by atoms with Gasteiger partial charge in [0.25, 0.3) is 5.91 Å². The maximum absolute atomic E-state index is 12.9. The summed E-state index contributed by atoms with van der Waals surface area (Å²) in [5, 5.41) is 2.76. The predicted octanol–water partition coefficient (Wildman–Crippen LogP) is 2.67. The van der Waals surface area contributed by atoms with Gasteiger partial charge in [-0.1, -0.05) is 18.2 Å². The summed E-state index contributed by atoms with van der Waals surface area (Å²) in [4.78, 5) is 28.3. The molecule has 0 bridgehead atoms. The third-order valence-electron chi connectivity index (χ3n) is 4.02. The number of nitrogens with one attached hydrogen (secondary N) is 1. The molecule has 2 aromatic rings. The molecule has 0 aromatic heterocycles. The van der Waals surface area contributed by atoms with Crippen LogP contribution in [0, 0.1) is 5.82 Å². The minimum absolute atomic E-state index is 0.0251. The molecule has 5 nitrogen and oxygen atoms in total. The highest BCUT2D eigenvalue weighted by Gasteiger charge is 2.17. The molecular weight excluding hydrogens is 333 g/mol. The van der Waals surface area contributed by atoms with Crippen molar-refractivity contribution in [1.82, 2.24) is 10.2 Å². The number of carbonyl (C=O) groups excluding carboxylic acids is 2. The Balaban J connectivity index is 1.96. The lowest BCUT2D eigenvalue weighted by Crippen LogP contribution is -2.40. The van der Waals surface area contributed by atoms with Gasteiger partial charge in [0.15, 0.2) is 0 Å². The van der Waals surface area contributed by atoms with Crippen molar-refractivity contribution in [2.24, 2.45) is 0 Å². The summed E-state index contributed by atoms with van der Waals surface area (Å²) in [7, 11) is 3.81. The number of likely N-dealkylation sites (N-methyl/N-ethyl adjacent to an activating group) is 1. The maximum atomic E-state index is 12.9. The molecule has 0 atom stereocenters. The molecule has 0 aliphatic heterocycles. The standard InChI is InChI=1S/C20H24FN3O2/c1-4-24(20(26)16-6-5-7-18(12-16)23(2)3)14-19(25)22-13-15-8-10-17(21)11-9-15/h5-12H,4,13-14H2,1-3H3,(H,22,25). The summed E-state index contributed by atoms with van der Waals surface area (Å²) in [5.74, 6) is -0.760. The van der Waals surface area contributed by atoms with Crippen LogP contribution in [0.25, 0.3) is 0 Å². The molecule has 0 aliphatic carbocycles. The second-order valence-electron chi connectivity index (χ2n) is 6.17. The zero-order valence-corrected chi connectivity index (χ0v) is 15.3. The average molecular weight is 357 g/mol. The van der Waals surface area contributed by atoms with Crippen molar-refractivity contribution in [3.8, 4) is 0 Å². The average Bonchev–Trinajstić information content (AvgIpc) is 2.65. The molecule has 2 rings (SSSR count). The van der Waals surface area contributed by atoms with E-state index in [0.717, 1.165) is 11.3 Å². The van der Waals surface area contributed by atoms with Crippen LogP contribution in [0.3, 0.4) is 0 Å². The molecule has 0 heterocycles. The lowest BCUT2D eigenvalue weighted by Gasteiger charge is -2.21. The summed E-state index contributed by atoms with van der Waals surface area (Å²) in [5.41, 5.74) is 2.27. The molecule has 0 radical (unpaired) electrons. The van der Waals surface area contributed by atoms with E-state index in [1.165, 1.54) is 17.0 Å². The van der Waals surface area contributed by atoms with E-state index in [0.29, 0.717) is 18.7 Å². The lowest BCUT2D eigenvalue weighted by molar-refractivity contribution is -0.121. The Morgan fingerprint density at radius 1 is 1.08 bits per heavy atom. The molecule has 0 saturated carbocycles. The molecule has 0 saturated heterocycles. The van der Waals surface area contributed by atoms with Gasteiger partial charge in [0.05, 0.1) is 6.54 Å². The number of benzene rings is 2. The SMILES string of the molecule is CCN(CC(=O)NCc1ccc(F)cc1)C(=O)c1cccc(N(C)C)c1. The fourth-order valence-electron chi connectivity index (χ4n) is 2.46. The highest BCUT2D eigenvalue weighted by atomic mass is 19.1. The van der Waals surface area contributed by atoms with Crippen molar-refractivity contribution in [3.63, 3.8) is 0 Å². The van der Waals surface area contributed by atoms with Crippen molar-refractivity contribution in [2.75, 3.05) is 32.1 Å². The van der Waals surface area contributed by atoms with Crippen LogP contribution in [0.1, 0.15) is 22.8 Å². The molecular formula is C20H24FN3O2. The second kappa shape index (κ2) is 8.99. The summed E-state index contributed by atoms with van der Waals surface area (Å²) in [6, 6.07) is 13.2. The van der Waals surface area contributed by atoms with Gasteiger partial charge in [0.2, 0.25) is 5.91 Å². The first kappa shape index (κ1) is 19.4. The van der Waals surface area contributed by atoms with E-state index in [1.807, 2.05) is 38.1 Å². The molecule has 0 unspecified atom stereocenters. The second-order valence-corrected chi connectivity index (χ2v) is 6.17. The number of anilines is 1. The predicted molar refractivity (Wildman–Crippen MR) is 101 cm³/mol. The first-order valence-corrected chi connectivity index (χ1v) is 8.48. The van der Waals surface area contributed by atoms with Gasteiger partial charge in [-0.05, 0) is 42.8 Å². The summed E-state index contributed by atoms with van der Waals surface area (Å²) in [6.45, 7) is 2.53. The van der Waals surface area contributed by atoms with Gasteiger partial charge in [-0.3, -0.25) is 9.59 Å². The number of nitrogens with zero attached hydrogens (tertiary/aromatic N) is 2. The minimum Gasteiger partial charge on any atom is -0.378 e. The van der Waals surface area contributed by atoms with Crippen LogP contribution in [-0.4, -0.2) is 43.9 Å². The largest absolute Gasteiger partial charge is 0.378 e. The van der Waals surface area contributed by atoms with Gasteiger partial charge >= 0.3 is 0 Å². The van der Waals surface area contributed by atoms with E-state index in [-0.39, 0.29) is 24.2 Å². The Bertz CT molecular complexity index is 760. The fraction of sp³-hybridized carbons (Fsp3) is 0.300. The van der Waals surface area contributed by atoms with Crippen molar-refractivity contribution in [1.29, 1.82) is 0 Å². The number of hydrogen-bond donors (Lipinski definition) is 1. The maximum Gasteiger partial charge on any atom is 0.254 e. The van der Waals surface area contributed by atoms with Gasteiger partial charge in [-0.15, -0.1) is 0 Å². The quantitative estimate of drug-likeness (QED) is 0.829. The topological polar surface area (TPSA) is 52.7 Å². The van der Waals surface area contributed by atoms with E-state index >= 15 is 0 Å². The third kappa shape index (κ3) is 5.31. The van der Waals surface area contributed by atoms with Crippen LogP contribution in [-0.2, 0) is 11.3 Å². The van der Waals surface area contributed by atoms with Crippen LogP contribution in [0.2, 0.25) is 0 Å². The molecule has 6 heteroatoms. The van der Waals surface area contributed by atoms with Gasteiger partial charge in [0.1, 0.15) is 5.82 Å². The smallest absolute Gasteiger partial charge is 0.254 e. The number of hydrogen-bond acceptors (Lipinski definition) is 3. The molecule has 2 amide bonds. The van der Waals surface area contributed by atoms with Crippen LogP contribution in [0.4, 0.5) is 10.1 Å². The highest BCUT2D eigenvalue weighted by Crippen LogP contribution is 2.15. The Kier molecular flexibility index (Phi) is 6.72. The fourth-order valence-corrected chi connectivity index (χ4v) is 2.46. The molecule has 0 aliphatic rings. The first-order chi connectivity index (χ1) is 12.4. The summed E-state index contributed by atoms with van der Waals surface area (Å²) >= 11 is 0. The zero-order valence-electron chi connectivity index (χ0n) is 15.3. The van der Waals surface area contributed by atoms with Gasteiger partial charge in [0, 0.05) is 38.4 Å². The first-order valence-electron chi connectivity index (χ1n) is 8.48. The lowest BCUT2D eigenvalue weighted by atomic mass is 10.1. The van der Waals surface area contributed by atoms with E-state index in [4.69, 9.17) is 0 Å². The van der Waals surface area contributed by atoms with E-state index in [2.05, 4.69) is 5.32 Å². The molecule has 0 spiro atoms. The van der Waals surface area contributed by atoms with E-state index in [1.54, 1.807) is 24.3 Å². The van der Waals surface area contributed by atoms with E-state index < -0.39 is 0 Å². The molecule has 138 valence electrons. The Morgan fingerprint density at radius 2 is 1.77 bits per heavy atom. The number of amides is 2. The monoisotopic (exact) mass is 357 g/mol. The number of rotatable bonds is 7. The highest BCUT2D eigenvalue weighted by molar-refractivity contribution is 5.97.